The topological polar surface area (TPSA) is 137 Å². The van der Waals surface area contributed by atoms with E-state index in [1.54, 1.807) is 36.1 Å². The molecule has 1 N–H and O–H groups in total. The molecule has 1 aliphatic rings. The number of rotatable bonds is 8. The second-order valence-electron chi connectivity index (χ2n) is 10.8. The molecule has 1 fully saturated rings. The van der Waals surface area contributed by atoms with Crippen molar-refractivity contribution in [2.24, 2.45) is 0 Å². The highest BCUT2D eigenvalue weighted by Crippen LogP contribution is 2.39. The quantitative estimate of drug-likeness (QED) is 0.227. The zero-order valence-electron chi connectivity index (χ0n) is 24.7. The average molecular weight is 684 g/mol. The summed E-state index contributed by atoms with van der Waals surface area (Å²) in [4.78, 5) is 41.6. The Bertz CT molecular complexity index is 2120. The Hall–Kier alpha value is -4.78. The number of anilines is 1. The van der Waals surface area contributed by atoms with E-state index in [-0.39, 0.29) is 67.2 Å². The number of carboxylic acids is 1. The van der Waals surface area contributed by atoms with Crippen molar-refractivity contribution in [3.8, 4) is 22.9 Å². The molecule has 1 saturated heterocycles. The molecular formula is C31H25ClF3N7O4S. The van der Waals surface area contributed by atoms with E-state index in [1.807, 2.05) is 0 Å². The van der Waals surface area contributed by atoms with Crippen LogP contribution >= 0.6 is 22.9 Å². The van der Waals surface area contributed by atoms with Crippen molar-refractivity contribution in [2.45, 2.75) is 19.6 Å². The van der Waals surface area contributed by atoms with E-state index in [0.717, 1.165) is 0 Å². The van der Waals surface area contributed by atoms with Gasteiger partial charge >= 0.3 is 12.1 Å². The number of benzene rings is 1. The van der Waals surface area contributed by atoms with Crippen LogP contribution in [0.3, 0.4) is 0 Å². The predicted octanol–water partition coefficient (Wildman–Crippen LogP) is 5.36. The van der Waals surface area contributed by atoms with Crippen LogP contribution < -0.4 is 15.2 Å². The summed E-state index contributed by atoms with van der Waals surface area (Å²) >= 11 is 7.58. The molecular weight excluding hydrogens is 659 g/mol. The third kappa shape index (κ3) is 6.44. The number of fused-ring (bicyclic) bond motifs is 2. The Morgan fingerprint density at radius 2 is 1.94 bits per heavy atom. The minimum atomic E-state index is -4.31. The van der Waals surface area contributed by atoms with Crippen molar-refractivity contribution in [2.75, 3.05) is 44.2 Å². The lowest BCUT2D eigenvalue weighted by molar-refractivity contribution is -0.146. The molecule has 0 bridgehead atoms. The standard InChI is InChI=1S/C31H25ClF3N7O4S/c1-17-39-23-14-38-28(41-8-6-40(7-9-41)16-31(33,34)35)21(13-36)25(23)29(43)42(17)10-11-46-24-3-2-18(32)12-20(24)19-4-5-37-26-22(30(44)45)15-47-27(19)26/h2-5,12,14-15H,6-11,16H2,1H3,(H,44,45). The molecule has 0 atom stereocenters. The van der Waals surface area contributed by atoms with Gasteiger partial charge in [-0.2, -0.15) is 18.4 Å². The first-order valence-electron chi connectivity index (χ1n) is 14.3. The number of pyridine rings is 2. The number of nitrogens with zero attached hydrogens (tertiary/aromatic N) is 7. The van der Waals surface area contributed by atoms with E-state index in [4.69, 9.17) is 16.3 Å². The first kappa shape index (κ1) is 32.2. The Kier molecular flexibility index (Phi) is 8.75. The molecule has 0 unspecified atom stereocenters. The summed E-state index contributed by atoms with van der Waals surface area (Å²) in [6.45, 7) is 1.41. The predicted molar refractivity (Wildman–Crippen MR) is 170 cm³/mol. The molecule has 5 heterocycles. The SMILES string of the molecule is Cc1nc2cnc(N3CCN(CC(F)(F)F)CC3)c(C#N)c2c(=O)n1CCOc1ccc(Cl)cc1-c1ccnc2c(C(=O)O)csc12. The molecule has 4 aromatic heterocycles. The number of ether oxygens (including phenoxy) is 1. The third-order valence-corrected chi connectivity index (χ3v) is 9.08. The number of halogens is 4. The van der Waals surface area contributed by atoms with Crippen LogP contribution in [-0.4, -0.2) is 81.0 Å². The monoisotopic (exact) mass is 683 g/mol. The lowest BCUT2D eigenvalue weighted by atomic mass is 10.0. The van der Waals surface area contributed by atoms with E-state index in [9.17, 15) is 33.1 Å². The number of carboxylic acid groups (broad SMARTS) is 1. The van der Waals surface area contributed by atoms with Gasteiger partial charge in [-0.3, -0.25) is 19.2 Å². The second kappa shape index (κ2) is 12.8. The highest BCUT2D eigenvalue weighted by molar-refractivity contribution is 7.18. The number of alkyl halides is 3. The molecule has 0 amide bonds. The van der Waals surface area contributed by atoms with E-state index < -0.39 is 24.2 Å². The summed E-state index contributed by atoms with van der Waals surface area (Å²) in [7, 11) is 0. The maximum absolute atomic E-state index is 13.8. The summed E-state index contributed by atoms with van der Waals surface area (Å²) < 4.78 is 46.8. The molecule has 0 spiro atoms. The van der Waals surface area contributed by atoms with Crippen LogP contribution in [0, 0.1) is 18.3 Å². The third-order valence-electron chi connectivity index (χ3n) is 7.85. The molecule has 5 aromatic rings. The van der Waals surface area contributed by atoms with Crippen LogP contribution in [0.25, 0.3) is 32.2 Å². The Morgan fingerprint density at radius 1 is 1.17 bits per heavy atom. The highest BCUT2D eigenvalue weighted by Gasteiger charge is 2.33. The van der Waals surface area contributed by atoms with Gasteiger partial charge in [-0.05, 0) is 31.2 Å². The molecule has 0 saturated carbocycles. The number of nitriles is 1. The average Bonchev–Trinajstić information content (AvgIpc) is 3.47. The molecule has 47 heavy (non-hydrogen) atoms. The van der Waals surface area contributed by atoms with Crippen molar-refractivity contribution < 1.29 is 27.8 Å². The summed E-state index contributed by atoms with van der Waals surface area (Å²) in [5.74, 6) is -0.0386. The highest BCUT2D eigenvalue weighted by atomic mass is 35.5. The summed E-state index contributed by atoms with van der Waals surface area (Å²) in [6, 6.07) is 8.86. The maximum Gasteiger partial charge on any atom is 0.401 e. The number of carbonyl (C=O) groups is 1. The molecule has 11 nitrogen and oxygen atoms in total. The number of aromatic nitrogens is 4. The van der Waals surface area contributed by atoms with Gasteiger partial charge in [0.25, 0.3) is 5.56 Å². The number of thiophene rings is 1. The minimum Gasteiger partial charge on any atom is -0.491 e. The minimum absolute atomic E-state index is 0.0114. The lowest BCUT2D eigenvalue weighted by Gasteiger charge is -2.36. The largest absolute Gasteiger partial charge is 0.491 e. The zero-order chi connectivity index (χ0) is 33.5. The van der Waals surface area contributed by atoms with Gasteiger partial charge in [-0.25, -0.2) is 14.8 Å². The van der Waals surface area contributed by atoms with Crippen molar-refractivity contribution >= 4 is 55.8 Å². The van der Waals surface area contributed by atoms with E-state index in [2.05, 4.69) is 21.0 Å². The van der Waals surface area contributed by atoms with Crippen LogP contribution in [-0.2, 0) is 6.54 Å². The Balaban J connectivity index is 1.27. The van der Waals surface area contributed by atoms with Crippen LogP contribution in [0.2, 0.25) is 5.02 Å². The van der Waals surface area contributed by atoms with E-state index in [1.165, 1.54) is 38.6 Å². The number of aryl methyl sites for hydroxylation is 1. The van der Waals surface area contributed by atoms with Gasteiger partial charge in [0, 0.05) is 53.9 Å². The molecule has 1 aromatic carbocycles. The van der Waals surface area contributed by atoms with E-state index >= 15 is 0 Å². The van der Waals surface area contributed by atoms with Crippen molar-refractivity contribution in [1.82, 2.24) is 24.4 Å². The number of hydrogen-bond acceptors (Lipinski definition) is 10. The van der Waals surface area contributed by atoms with Gasteiger partial charge in [0.2, 0.25) is 0 Å². The van der Waals surface area contributed by atoms with Crippen molar-refractivity contribution in [3.63, 3.8) is 0 Å². The first-order valence-corrected chi connectivity index (χ1v) is 15.6. The molecule has 242 valence electrons. The van der Waals surface area contributed by atoms with E-state index in [0.29, 0.717) is 37.9 Å². The van der Waals surface area contributed by atoms with Gasteiger partial charge in [-0.15, -0.1) is 11.3 Å². The molecule has 1 aliphatic heterocycles. The smallest absolute Gasteiger partial charge is 0.401 e. The molecule has 0 aliphatic carbocycles. The second-order valence-corrected chi connectivity index (χ2v) is 12.1. The fourth-order valence-electron chi connectivity index (χ4n) is 5.67. The van der Waals surface area contributed by atoms with Crippen molar-refractivity contribution in [3.05, 3.63) is 74.4 Å². The van der Waals surface area contributed by atoms with Crippen LogP contribution in [0.15, 0.2) is 46.8 Å². The fraction of sp³-hybridized carbons (Fsp3) is 0.290. The Labute approximate surface area is 274 Å². The Morgan fingerprint density at radius 3 is 2.64 bits per heavy atom. The number of hydrogen-bond donors (Lipinski definition) is 1. The van der Waals surface area contributed by atoms with Gasteiger partial charge in [-0.1, -0.05) is 11.6 Å². The van der Waals surface area contributed by atoms with Gasteiger partial charge in [0.05, 0.1) is 46.0 Å². The summed E-state index contributed by atoms with van der Waals surface area (Å²) in [6.07, 6.45) is -1.39. The number of aromatic carboxylic acids is 1. The molecule has 6 rings (SSSR count). The van der Waals surface area contributed by atoms with Gasteiger partial charge < -0.3 is 14.7 Å². The van der Waals surface area contributed by atoms with Crippen LogP contribution in [0.1, 0.15) is 21.7 Å². The van der Waals surface area contributed by atoms with Gasteiger partial charge in [0.1, 0.15) is 35.6 Å². The van der Waals surface area contributed by atoms with Crippen LogP contribution in [0.5, 0.6) is 5.75 Å². The normalized spacial score (nSPS) is 14.1. The zero-order valence-corrected chi connectivity index (χ0v) is 26.3. The molecule has 16 heteroatoms. The molecule has 0 radical (unpaired) electrons. The fourth-order valence-corrected chi connectivity index (χ4v) is 6.87. The first-order chi connectivity index (χ1) is 22.4. The summed E-state index contributed by atoms with van der Waals surface area (Å²) in [5, 5.41) is 21.7. The van der Waals surface area contributed by atoms with Gasteiger partial charge in [0.15, 0.2) is 0 Å². The summed E-state index contributed by atoms with van der Waals surface area (Å²) in [5.41, 5.74) is 1.51. The van der Waals surface area contributed by atoms with Crippen molar-refractivity contribution in [1.29, 1.82) is 5.26 Å². The maximum atomic E-state index is 13.8. The van der Waals surface area contributed by atoms with Crippen LogP contribution in [0.4, 0.5) is 19.0 Å². The number of piperazine rings is 1. The lowest BCUT2D eigenvalue weighted by Crippen LogP contribution is -2.49.